The number of esters is 1. The average Bonchev–Trinajstić information content (AvgIpc) is 2.73. The van der Waals surface area contributed by atoms with Crippen LogP contribution in [0.15, 0.2) is 24.3 Å². The second-order valence-corrected chi connectivity index (χ2v) is 8.53. The van der Waals surface area contributed by atoms with Crippen molar-refractivity contribution in [3.05, 3.63) is 41.1 Å². The van der Waals surface area contributed by atoms with E-state index in [1.54, 1.807) is 0 Å². The van der Waals surface area contributed by atoms with Gasteiger partial charge in [0.25, 0.3) is 5.91 Å². The summed E-state index contributed by atoms with van der Waals surface area (Å²) in [6, 6.07) is 7.50. The number of carbonyl (C=O) groups is 3. The first-order chi connectivity index (χ1) is 14.2. The molecule has 2 aromatic rings. The fraction of sp³-hybridized carbons (Fsp3) is 0.478. The van der Waals surface area contributed by atoms with E-state index in [1.165, 1.54) is 0 Å². The van der Waals surface area contributed by atoms with Crippen molar-refractivity contribution in [2.45, 2.75) is 46.5 Å². The number of pyridine rings is 1. The van der Waals surface area contributed by atoms with Gasteiger partial charge in [0, 0.05) is 11.1 Å². The first-order valence-corrected chi connectivity index (χ1v) is 10.4. The van der Waals surface area contributed by atoms with Crippen molar-refractivity contribution in [3.8, 4) is 0 Å². The van der Waals surface area contributed by atoms with E-state index < -0.39 is 24.4 Å². The Hall–Kier alpha value is -2.96. The molecule has 1 aliphatic carbocycles. The van der Waals surface area contributed by atoms with E-state index in [0.717, 1.165) is 47.8 Å². The van der Waals surface area contributed by atoms with E-state index in [0.29, 0.717) is 11.5 Å². The Morgan fingerprint density at radius 2 is 2.00 bits per heavy atom. The number of fused-ring (bicyclic) bond motifs is 2. The van der Waals surface area contributed by atoms with Crippen LogP contribution in [0, 0.1) is 11.3 Å². The van der Waals surface area contributed by atoms with Crippen LogP contribution in [-0.4, -0.2) is 35.9 Å². The molecule has 3 N–H and O–H groups in total. The Morgan fingerprint density at radius 1 is 1.27 bits per heavy atom. The quantitative estimate of drug-likeness (QED) is 0.680. The highest BCUT2D eigenvalue weighted by Gasteiger charge is 2.34. The SMILES string of the molecule is CCC(C)(C)[C@@H]1CCc2nc3ccccc3c(C(=O)OCC(=O)NCC(N)=O)c2C1. The normalized spacial score (nSPS) is 16.0. The molecular weight excluding hydrogens is 382 g/mol. The number of hydrogen-bond donors (Lipinski definition) is 2. The first kappa shape index (κ1) is 21.7. The number of nitrogens with one attached hydrogen (secondary N) is 1. The molecule has 1 aromatic heterocycles. The maximum atomic E-state index is 13.1. The second-order valence-electron chi connectivity index (χ2n) is 8.53. The number of primary amides is 1. The summed E-state index contributed by atoms with van der Waals surface area (Å²) in [5, 5.41) is 3.05. The van der Waals surface area contributed by atoms with Gasteiger partial charge in [0.2, 0.25) is 5.91 Å². The molecule has 1 heterocycles. The molecule has 2 amide bonds. The highest BCUT2D eigenvalue weighted by Crippen LogP contribution is 2.41. The van der Waals surface area contributed by atoms with Crippen LogP contribution >= 0.6 is 0 Å². The number of nitrogens with two attached hydrogens (primary N) is 1. The lowest BCUT2D eigenvalue weighted by Gasteiger charge is -2.37. The summed E-state index contributed by atoms with van der Waals surface area (Å²) < 4.78 is 5.31. The van der Waals surface area contributed by atoms with Gasteiger partial charge in [-0.05, 0) is 42.2 Å². The molecule has 3 rings (SSSR count). The van der Waals surface area contributed by atoms with Crippen molar-refractivity contribution >= 4 is 28.7 Å². The largest absolute Gasteiger partial charge is 0.452 e. The number of hydrogen-bond acceptors (Lipinski definition) is 5. The number of benzene rings is 1. The number of ether oxygens (including phenoxy) is 1. The number of amides is 2. The minimum absolute atomic E-state index is 0.152. The molecule has 30 heavy (non-hydrogen) atoms. The molecule has 1 atom stereocenters. The van der Waals surface area contributed by atoms with Crippen molar-refractivity contribution in [3.63, 3.8) is 0 Å². The maximum absolute atomic E-state index is 13.1. The zero-order valence-electron chi connectivity index (χ0n) is 17.8. The Bertz CT molecular complexity index is 984. The van der Waals surface area contributed by atoms with Crippen LogP contribution in [0.3, 0.4) is 0 Å². The number of aromatic nitrogens is 1. The Kier molecular flexibility index (Phi) is 6.39. The van der Waals surface area contributed by atoms with Crippen LogP contribution in [0.2, 0.25) is 0 Å². The maximum Gasteiger partial charge on any atom is 0.339 e. The highest BCUT2D eigenvalue weighted by molar-refractivity contribution is 6.05. The number of para-hydroxylation sites is 1. The molecule has 160 valence electrons. The third kappa shape index (κ3) is 4.61. The summed E-state index contributed by atoms with van der Waals surface area (Å²) >= 11 is 0. The fourth-order valence-corrected chi connectivity index (χ4v) is 4.02. The van der Waals surface area contributed by atoms with Gasteiger partial charge in [-0.15, -0.1) is 0 Å². The Balaban J connectivity index is 1.92. The molecule has 0 spiro atoms. The van der Waals surface area contributed by atoms with Crippen LogP contribution in [0.5, 0.6) is 0 Å². The molecule has 0 fully saturated rings. The zero-order valence-corrected chi connectivity index (χ0v) is 17.8. The minimum Gasteiger partial charge on any atom is -0.452 e. The van der Waals surface area contributed by atoms with E-state index in [1.807, 2.05) is 24.3 Å². The van der Waals surface area contributed by atoms with Crippen molar-refractivity contribution < 1.29 is 19.1 Å². The van der Waals surface area contributed by atoms with Crippen molar-refractivity contribution in [1.82, 2.24) is 10.3 Å². The molecule has 0 saturated heterocycles. The summed E-state index contributed by atoms with van der Waals surface area (Å²) in [6.45, 7) is 5.95. The minimum atomic E-state index is -0.659. The van der Waals surface area contributed by atoms with Crippen LogP contribution in [0.4, 0.5) is 0 Å². The number of carbonyl (C=O) groups excluding carboxylic acids is 3. The van der Waals surface area contributed by atoms with Crippen LogP contribution in [-0.2, 0) is 27.2 Å². The second kappa shape index (κ2) is 8.81. The van der Waals surface area contributed by atoms with Crippen LogP contribution in [0.1, 0.15) is 55.2 Å². The van der Waals surface area contributed by atoms with Gasteiger partial charge in [-0.3, -0.25) is 14.6 Å². The van der Waals surface area contributed by atoms with Crippen molar-refractivity contribution in [2.24, 2.45) is 17.1 Å². The predicted octanol–water partition coefficient (Wildman–Crippen LogP) is 2.53. The third-order valence-electron chi connectivity index (χ3n) is 6.27. The summed E-state index contributed by atoms with van der Waals surface area (Å²) in [6.07, 6.45) is 3.65. The van der Waals surface area contributed by atoms with Gasteiger partial charge in [-0.1, -0.05) is 45.4 Å². The molecular formula is C23H29N3O4. The van der Waals surface area contributed by atoms with Gasteiger partial charge in [0.05, 0.1) is 17.6 Å². The summed E-state index contributed by atoms with van der Waals surface area (Å²) in [5.41, 5.74) is 8.27. The summed E-state index contributed by atoms with van der Waals surface area (Å²) in [7, 11) is 0. The first-order valence-electron chi connectivity index (χ1n) is 10.4. The molecule has 0 saturated carbocycles. The van der Waals surface area contributed by atoms with E-state index in [2.05, 4.69) is 26.1 Å². The number of rotatable bonds is 7. The third-order valence-corrected chi connectivity index (χ3v) is 6.27. The molecule has 0 unspecified atom stereocenters. The Labute approximate surface area is 176 Å². The van der Waals surface area contributed by atoms with Crippen LogP contribution < -0.4 is 11.1 Å². The predicted molar refractivity (Wildman–Crippen MR) is 114 cm³/mol. The zero-order chi connectivity index (χ0) is 21.9. The highest BCUT2D eigenvalue weighted by atomic mass is 16.5. The van der Waals surface area contributed by atoms with Gasteiger partial charge in [0.1, 0.15) is 0 Å². The molecule has 1 aliphatic rings. The molecule has 0 aliphatic heterocycles. The van der Waals surface area contributed by atoms with Crippen LogP contribution in [0.25, 0.3) is 10.9 Å². The topological polar surface area (TPSA) is 111 Å². The van der Waals surface area contributed by atoms with Crippen molar-refractivity contribution in [1.29, 1.82) is 0 Å². The molecule has 7 heteroatoms. The molecule has 7 nitrogen and oxygen atoms in total. The van der Waals surface area contributed by atoms with Gasteiger partial charge < -0.3 is 15.8 Å². The average molecular weight is 412 g/mol. The molecule has 0 bridgehead atoms. The number of aryl methyl sites for hydroxylation is 1. The summed E-state index contributed by atoms with van der Waals surface area (Å²) in [4.78, 5) is 40.5. The lowest BCUT2D eigenvalue weighted by Crippen LogP contribution is -2.36. The number of nitrogens with zero attached hydrogens (tertiary/aromatic N) is 1. The molecule has 0 radical (unpaired) electrons. The molecule has 1 aromatic carbocycles. The van der Waals surface area contributed by atoms with E-state index in [-0.39, 0.29) is 12.0 Å². The monoisotopic (exact) mass is 411 g/mol. The van der Waals surface area contributed by atoms with E-state index in [9.17, 15) is 14.4 Å². The smallest absolute Gasteiger partial charge is 0.339 e. The van der Waals surface area contributed by atoms with Gasteiger partial charge in [0.15, 0.2) is 6.61 Å². The standard InChI is InChI=1S/C23H29N3O4/c1-4-23(2,3)14-9-10-18-16(11-14)21(15-7-5-6-8-17(15)26-18)22(29)30-13-20(28)25-12-19(24)27/h5-8,14H,4,9-13H2,1-3H3,(H2,24,27)(H,25,28)/t14-/m1/s1. The van der Waals surface area contributed by atoms with E-state index in [4.69, 9.17) is 15.5 Å². The fourth-order valence-electron chi connectivity index (χ4n) is 4.02. The summed E-state index contributed by atoms with van der Waals surface area (Å²) in [5.74, 6) is -1.34. The van der Waals surface area contributed by atoms with Gasteiger partial charge in [-0.25, -0.2) is 4.79 Å². The Morgan fingerprint density at radius 3 is 2.70 bits per heavy atom. The lowest BCUT2D eigenvalue weighted by atomic mass is 9.68. The van der Waals surface area contributed by atoms with E-state index >= 15 is 0 Å². The van der Waals surface area contributed by atoms with Crippen molar-refractivity contribution in [2.75, 3.05) is 13.2 Å². The van der Waals surface area contributed by atoms with Gasteiger partial charge in [-0.2, -0.15) is 0 Å². The van der Waals surface area contributed by atoms with Gasteiger partial charge >= 0.3 is 5.97 Å². The lowest BCUT2D eigenvalue weighted by molar-refractivity contribution is -0.127.